The molecule has 5 nitrogen and oxygen atoms in total. The predicted molar refractivity (Wildman–Crippen MR) is 114 cm³/mol. The van der Waals surface area contributed by atoms with E-state index in [0.717, 1.165) is 32.1 Å². The number of nitrogens with zero attached hydrogens (tertiary/aromatic N) is 3. The van der Waals surface area contributed by atoms with Crippen LogP contribution in [0.3, 0.4) is 0 Å². The summed E-state index contributed by atoms with van der Waals surface area (Å²) in [6, 6.07) is 11.9. The molecule has 1 aromatic carbocycles. The fraction of sp³-hybridized carbons (Fsp3) is 0.682. The van der Waals surface area contributed by atoms with E-state index in [2.05, 4.69) is 62.7 Å². The van der Waals surface area contributed by atoms with Crippen molar-refractivity contribution >= 4 is 5.96 Å². The maximum absolute atomic E-state index is 4.46. The van der Waals surface area contributed by atoms with Gasteiger partial charge in [-0.3, -0.25) is 14.8 Å². The first-order chi connectivity index (χ1) is 13.3. The van der Waals surface area contributed by atoms with E-state index < -0.39 is 0 Å². The zero-order chi connectivity index (χ0) is 18.9. The fourth-order valence-electron chi connectivity index (χ4n) is 4.32. The SMILES string of the molecule is CCC(CNC(=NC)NC1CCN(Cc2ccccc2)CC1)N1CCCC1. The molecule has 150 valence electrons. The largest absolute Gasteiger partial charge is 0.355 e. The minimum absolute atomic E-state index is 0.523. The number of hydrogen-bond donors (Lipinski definition) is 2. The van der Waals surface area contributed by atoms with Crippen molar-refractivity contribution in [3.05, 3.63) is 35.9 Å². The summed E-state index contributed by atoms with van der Waals surface area (Å²) in [7, 11) is 1.89. The summed E-state index contributed by atoms with van der Waals surface area (Å²) in [4.78, 5) is 9.65. The second-order valence-corrected chi connectivity index (χ2v) is 7.94. The Balaban J connectivity index is 1.39. The van der Waals surface area contributed by atoms with Gasteiger partial charge in [0.1, 0.15) is 0 Å². The van der Waals surface area contributed by atoms with Gasteiger partial charge in [0.25, 0.3) is 0 Å². The number of benzene rings is 1. The van der Waals surface area contributed by atoms with Crippen molar-refractivity contribution in [2.45, 2.75) is 57.7 Å². The molecule has 0 spiro atoms. The summed E-state index contributed by atoms with van der Waals surface area (Å²) >= 11 is 0. The highest BCUT2D eigenvalue weighted by Crippen LogP contribution is 2.15. The molecule has 1 aromatic rings. The van der Waals surface area contributed by atoms with E-state index in [0.29, 0.717) is 12.1 Å². The van der Waals surface area contributed by atoms with Crippen LogP contribution in [-0.4, -0.2) is 67.6 Å². The molecule has 2 saturated heterocycles. The van der Waals surface area contributed by atoms with Gasteiger partial charge in [-0.2, -0.15) is 0 Å². The van der Waals surface area contributed by atoms with Gasteiger partial charge in [0.05, 0.1) is 0 Å². The molecule has 0 radical (unpaired) electrons. The van der Waals surface area contributed by atoms with E-state index in [4.69, 9.17) is 0 Å². The van der Waals surface area contributed by atoms with Gasteiger partial charge >= 0.3 is 0 Å². The van der Waals surface area contributed by atoms with Gasteiger partial charge in [0, 0.05) is 45.3 Å². The normalized spacial score (nSPS) is 21.3. The number of likely N-dealkylation sites (tertiary alicyclic amines) is 2. The van der Waals surface area contributed by atoms with E-state index in [9.17, 15) is 0 Å². The number of rotatable bonds is 7. The highest BCUT2D eigenvalue weighted by molar-refractivity contribution is 5.80. The maximum Gasteiger partial charge on any atom is 0.191 e. The van der Waals surface area contributed by atoms with Gasteiger partial charge < -0.3 is 10.6 Å². The minimum Gasteiger partial charge on any atom is -0.355 e. The highest BCUT2D eigenvalue weighted by atomic mass is 15.2. The lowest BCUT2D eigenvalue weighted by molar-refractivity contribution is 0.198. The number of hydrogen-bond acceptors (Lipinski definition) is 3. The zero-order valence-corrected chi connectivity index (χ0v) is 17.2. The molecule has 0 aliphatic carbocycles. The number of nitrogens with one attached hydrogen (secondary N) is 2. The molecular formula is C22H37N5. The standard InChI is InChI=1S/C22H37N5/c1-3-21(27-13-7-8-14-27)17-24-22(23-2)25-20-11-15-26(16-12-20)18-19-9-5-4-6-10-19/h4-6,9-10,20-21H,3,7-8,11-18H2,1-2H3,(H2,23,24,25). The third-order valence-corrected chi connectivity index (χ3v) is 6.03. The van der Waals surface area contributed by atoms with Crippen LogP contribution in [0, 0.1) is 0 Å². The molecule has 1 atom stereocenters. The van der Waals surface area contributed by atoms with Gasteiger partial charge in [-0.05, 0) is 50.8 Å². The van der Waals surface area contributed by atoms with Crippen LogP contribution in [0.5, 0.6) is 0 Å². The summed E-state index contributed by atoms with van der Waals surface area (Å²) in [6.07, 6.45) is 6.26. The van der Waals surface area contributed by atoms with E-state index >= 15 is 0 Å². The van der Waals surface area contributed by atoms with Crippen LogP contribution in [0.25, 0.3) is 0 Å². The monoisotopic (exact) mass is 371 g/mol. The van der Waals surface area contributed by atoms with Crippen LogP contribution >= 0.6 is 0 Å². The van der Waals surface area contributed by atoms with E-state index in [1.165, 1.54) is 50.8 Å². The molecule has 2 fully saturated rings. The Morgan fingerprint density at radius 3 is 2.44 bits per heavy atom. The Morgan fingerprint density at radius 2 is 1.81 bits per heavy atom. The summed E-state index contributed by atoms with van der Waals surface area (Å²) < 4.78 is 0. The second-order valence-electron chi connectivity index (χ2n) is 7.94. The topological polar surface area (TPSA) is 42.9 Å². The smallest absolute Gasteiger partial charge is 0.191 e. The third-order valence-electron chi connectivity index (χ3n) is 6.03. The van der Waals surface area contributed by atoms with Crippen LogP contribution in [0.2, 0.25) is 0 Å². The van der Waals surface area contributed by atoms with Crippen LogP contribution in [-0.2, 0) is 6.54 Å². The molecule has 3 rings (SSSR count). The molecular weight excluding hydrogens is 334 g/mol. The zero-order valence-electron chi connectivity index (χ0n) is 17.2. The molecule has 0 saturated carbocycles. The van der Waals surface area contributed by atoms with Gasteiger partial charge in [0.15, 0.2) is 5.96 Å². The van der Waals surface area contributed by atoms with E-state index in [1.54, 1.807) is 0 Å². The summed E-state index contributed by atoms with van der Waals surface area (Å²) in [5.74, 6) is 0.967. The Hall–Kier alpha value is -1.59. The first-order valence-corrected chi connectivity index (χ1v) is 10.8. The lowest BCUT2D eigenvalue weighted by Crippen LogP contribution is -2.51. The minimum atomic E-state index is 0.523. The van der Waals surface area contributed by atoms with Crippen molar-refractivity contribution in [3.63, 3.8) is 0 Å². The van der Waals surface area contributed by atoms with Crippen molar-refractivity contribution in [1.29, 1.82) is 0 Å². The second kappa shape index (κ2) is 10.7. The van der Waals surface area contributed by atoms with Gasteiger partial charge in [-0.15, -0.1) is 0 Å². The van der Waals surface area contributed by atoms with Crippen molar-refractivity contribution in [2.75, 3.05) is 39.8 Å². The molecule has 2 heterocycles. The quantitative estimate of drug-likeness (QED) is 0.571. The van der Waals surface area contributed by atoms with Crippen molar-refractivity contribution < 1.29 is 0 Å². The molecule has 27 heavy (non-hydrogen) atoms. The Kier molecular flexibility index (Phi) is 7.96. The van der Waals surface area contributed by atoms with Gasteiger partial charge in [0.2, 0.25) is 0 Å². The van der Waals surface area contributed by atoms with E-state index in [-0.39, 0.29) is 0 Å². The number of guanidine groups is 1. The van der Waals surface area contributed by atoms with Crippen LogP contribution in [0.15, 0.2) is 35.3 Å². The van der Waals surface area contributed by atoms with Crippen molar-refractivity contribution in [2.24, 2.45) is 4.99 Å². The summed E-state index contributed by atoms with van der Waals surface area (Å²) in [5.41, 5.74) is 1.41. The maximum atomic E-state index is 4.46. The van der Waals surface area contributed by atoms with Gasteiger partial charge in [-0.1, -0.05) is 37.3 Å². The van der Waals surface area contributed by atoms with Crippen LogP contribution in [0.4, 0.5) is 0 Å². The van der Waals surface area contributed by atoms with Gasteiger partial charge in [-0.25, -0.2) is 0 Å². The lowest BCUT2D eigenvalue weighted by Gasteiger charge is -2.33. The fourth-order valence-corrected chi connectivity index (χ4v) is 4.32. The average molecular weight is 372 g/mol. The van der Waals surface area contributed by atoms with Crippen LogP contribution < -0.4 is 10.6 Å². The molecule has 5 heteroatoms. The Bertz CT molecular complexity index is 559. The molecule has 0 bridgehead atoms. The Labute approximate surface area is 165 Å². The highest BCUT2D eigenvalue weighted by Gasteiger charge is 2.22. The molecule has 2 N–H and O–H groups in total. The van der Waals surface area contributed by atoms with E-state index in [1.807, 2.05) is 7.05 Å². The van der Waals surface area contributed by atoms with Crippen molar-refractivity contribution in [3.8, 4) is 0 Å². The summed E-state index contributed by atoms with van der Waals surface area (Å²) in [6.45, 7) is 9.16. The van der Waals surface area contributed by atoms with Crippen molar-refractivity contribution in [1.82, 2.24) is 20.4 Å². The molecule has 2 aliphatic rings. The van der Waals surface area contributed by atoms with Crippen LogP contribution in [0.1, 0.15) is 44.6 Å². The average Bonchev–Trinajstić information content (AvgIpc) is 3.24. The third kappa shape index (κ3) is 6.22. The molecule has 0 amide bonds. The Morgan fingerprint density at radius 1 is 1.11 bits per heavy atom. The molecule has 0 aromatic heterocycles. The first kappa shape index (κ1) is 20.2. The summed E-state index contributed by atoms with van der Waals surface area (Å²) in [5, 5.41) is 7.23. The molecule has 1 unspecified atom stereocenters. The predicted octanol–water partition coefficient (Wildman–Crippen LogP) is 2.69. The number of aliphatic imine (C=N–C) groups is 1. The number of piperidine rings is 1. The first-order valence-electron chi connectivity index (χ1n) is 10.8. The lowest BCUT2D eigenvalue weighted by atomic mass is 10.0. The molecule has 2 aliphatic heterocycles.